The largest absolute Gasteiger partial charge is 0.478 e. The lowest BCUT2D eigenvalue weighted by Crippen LogP contribution is -2.53. The Kier molecular flexibility index (Phi) is 5.08. The molecule has 0 radical (unpaired) electrons. The molecule has 0 bridgehead atoms. The van der Waals surface area contributed by atoms with Gasteiger partial charge in [0.1, 0.15) is 0 Å². The fourth-order valence-corrected chi connectivity index (χ4v) is 3.99. The molecule has 24 heavy (non-hydrogen) atoms. The highest BCUT2D eigenvalue weighted by Gasteiger charge is 2.50. The first-order valence-corrected chi connectivity index (χ1v) is 9.28. The zero-order valence-electron chi connectivity index (χ0n) is 12.8. The molecule has 2 aromatic rings. The van der Waals surface area contributed by atoms with E-state index in [4.69, 9.17) is 23.2 Å². The van der Waals surface area contributed by atoms with E-state index in [2.05, 4.69) is 10.6 Å². The van der Waals surface area contributed by atoms with Gasteiger partial charge in [-0.3, -0.25) is 10.6 Å². The molecule has 3 rings (SSSR count). The molecule has 3 N–H and O–H groups in total. The number of hydrogen-bond acceptors (Lipinski definition) is 4. The van der Waals surface area contributed by atoms with Crippen LogP contribution in [0.5, 0.6) is 0 Å². The van der Waals surface area contributed by atoms with E-state index >= 15 is 0 Å². The monoisotopic (exact) mass is 382 g/mol. The second-order valence-electron chi connectivity index (χ2n) is 5.54. The predicted molar refractivity (Wildman–Crippen MR) is 98.5 cm³/mol. The normalized spacial score (nSPS) is 26.5. The maximum atomic E-state index is 11.8. The molecule has 0 aliphatic carbocycles. The SMILES string of the molecule is CSC1(C(=O)O)NC(c2cccc(Cl)c2)C(c2cccc(Cl)c2)N1. The van der Waals surface area contributed by atoms with Gasteiger partial charge >= 0.3 is 5.97 Å². The highest BCUT2D eigenvalue weighted by Crippen LogP contribution is 2.41. The summed E-state index contributed by atoms with van der Waals surface area (Å²) in [4.78, 5) is 10.6. The first-order chi connectivity index (χ1) is 11.4. The molecular formula is C17H16Cl2N2O2S. The maximum absolute atomic E-state index is 11.8. The van der Waals surface area contributed by atoms with Gasteiger partial charge in [-0.05, 0) is 41.6 Å². The molecular weight excluding hydrogens is 367 g/mol. The van der Waals surface area contributed by atoms with E-state index in [-0.39, 0.29) is 12.1 Å². The van der Waals surface area contributed by atoms with Crippen molar-refractivity contribution in [3.8, 4) is 0 Å². The zero-order chi connectivity index (χ0) is 17.3. The Hall–Kier alpha value is -1.24. The summed E-state index contributed by atoms with van der Waals surface area (Å²) in [6, 6.07) is 14.3. The molecule has 1 heterocycles. The number of hydrogen-bond donors (Lipinski definition) is 3. The molecule has 126 valence electrons. The lowest BCUT2D eigenvalue weighted by atomic mass is 9.95. The standard InChI is InChI=1S/C17H16Cl2N2O2S/c1-24-17(16(22)23)20-14(10-4-2-6-12(18)8-10)15(21-17)11-5-3-7-13(19)9-11/h2-9,14-15,20-21H,1H3,(H,22,23). The third-order valence-electron chi connectivity index (χ3n) is 4.07. The van der Waals surface area contributed by atoms with E-state index in [1.165, 1.54) is 11.8 Å². The number of nitrogens with one attached hydrogen (secondary N) is 2. The van der Waals surface area contributed by atoms with Crippen molar-refractivity contribution in [2.75, 3.05) is 6.26 Å². The molecule has 1 aliphatic heterocycles. The van der Waals surface area contributed by atoms with Gasteiger partial charge in [0, 0.05) is 10.0 Å². The summed E-state index contributed by atoms with van der Waals surface area (Å²) in [5.74, 6) is -0.966. The van der Waals surface area contributed by atoms with Crippen LogP contribution in [0.4, 0.5) is 0 Å². The summed E-state index contributed by atoms with van der Waals surface area (Å²) in [7, 11) is 0. The maximum Gasteiger partial charge on any atom is 0.349 e. The van der Waals surface area contributed by atoms with Crippen LogP contribution in [0, 0.1) is 0 Å². The van der Waals surface area contributed by atoms with Crippen LogP contribution in [0.25, 0.3) is 0 Å². The van der Waals surface area contributed by atoms with Gasteiger partial charge < -0.3 is 5.11 Å². The summed E-state index contributed by atoms with van der Waals surface area (Å²) in [5, 5.41) is 17.4. The van der Waals surface area contributed by atoms with Crippen LogP contribution < -0.4 is 10.6 Å². The molecule has 2 unspecified atom stereocenters. The van der Waals surface area contributed by atoms with Gasteiger partial charge in [0.15, 0.2) is 0 Å². The van der Waals surface area contributed by atoms with Crippen molar-refractivity contribution in [3.05, 3.63) is 69.7 Å². The molecule has 4 nitrogen and oxygen atoms in total. The minimum absolute atomic E-state index is 0.259. The molecule has 2 aromatic carbocycles. The Morgan fingerprint density at radius 3 is 1.83 bits per heavy atom. The first-order valence-electron chi connectivity index (χ1n) is 7.30. The second-order valence-corrected chi connectivity index (χ2v) is 7.44. The minimum atomic E-state index is -1.28. The number of aliphatic carboxylic acids is 1. The molecule has 0 amide bonds. The van der Waals surface area contributed by atoms with Gasteiger partial charge in [0.2, 0.25) is 4.99 Å². The molecule has 0 spiro atoms. The number of carboxylic acids is 1. The van der Waals surface area contributed by atoms with E-state index in [1.807, 2.05) is 36.4 Å². The van der Waals surface area contributed by atoms with Crippen molar-refractivity contribution >= 4 is 40.9 Å². The van der Waals surface area contributed by atoms with Crippen LogP contribution in [0.3, 0.4) is 0 Å². The third-order valence-corrected chi connectivity index (χ3v) is 5.57. The van der Waals surface area contributed by atoms with Crippen LogP contribution >= 0.6 is 35.0 Å². The number of carbonyl (C=O) groups is 1. The average molecular weight is 383 g/mol. The number of benzene rings is 2. The van der Waals surface area contributed by atoms with Gasteiger partial charge in [-0.15, -0.1) is 11.8 Å². The quantitative estimate of drug-likeness (QED) is 0.743. The number of carboxylic acid groups (broad SMARTS) is 1. The Morgan fingerprint density at radius 2 is 1.50 bits per heavy atom. The van der Waals surface area contributed by atoms with Crippen LogP contribution in [-0.4, -0.2) is 22.3 Å². The van der Waals surface area contributed by atoms with Crippen molar-refractivity contribution in [2.45, 2.75) is 17.1 Å². The Balaban J connectivity index is 2.07. The molecule has 0 saturated carbocycles. The first kappa shape index (κ1) is 17.6. The summed E-state index contributed by atoms with van der Waals surface area (Å²) in [5.41, 5.74) is 1.83. The topological polar surface area (TPSA) is 61.4 Å². The summed E-state index contributed by atoms with van der Waals surface area (Å²) in [6.45, 7) is 0. The van der Waals surface area contributed by atoms with Gasteiger partial charge in [-0.25, -0.2) is 4.79 Å². The number of thioether (sulfide) groups is 1. The lowest BCUT2D eigenvalue weighted by Gasteiger charge is -2.23. The van der Waals surface area contributed by atoms with Crippen LogP contribution in [0.2, 0.25) is 10.0 Å². The lowest BCUT2D eigenvalue weighted by molar-refractivity contribution is -0.141. The van der Waals surface area contributed by atoms with E-state index in [9.17, 15) is 9.90 Å². The van der Waals surface area contributed by atoms with Gasteiger partial charge in [0.25, 0.3) is 0 Å². The van der Waals surface area contributed by atoms with E-state index in [0.29, 0.717) is 10.0 Å². The number of rotatable bonds is 4. The van der Waals surface area contributed by atoms with Crippen molar-refractivity contribution in [3.63, 3.8) is 0 Å². The molecule has 1 saturated heterocycles. The van der Waals surface area contributed by atoms with E-state index < -0.39 is 11.0 Å². The molecule has 1 aliphatic rings. The highest BCUT2D eigenvalue weighted by atomic mass is 35.5. The van der Waals surface area contributed by atoms with Gasteiger partial charge in [0.05, 0.1) is 12.1 Å². The smallest absolute Gasteiger partial charge is 0.349 e. The van der Waals surface area contributed by atoms with Crippen molar-refractivity contribution in [1.29, 1.82) is 0 Å². The molecule has 1 fully saturated rings. The van der Waals surface area contributed by atoms with Crippen LogP contribution in [-0.2, 0) is 4.79 Å². The molecule has 0 aromatic heterocycles. The van der Waals surface area contributed by atoms with E-state index in [0.717, 1.165) is 11.1 Å². The number of halogens is 2. The van der Waals surface area contributed by atoms with Crippen LogP contribution in [0.15, 0.2) is 48.5 Å². The summed E-state index contributed by atoms with van der Waals surface area (Å²) < 4.78 is 0. The second kappa shape index (κ2) is 6.94. The Morgan fingerprint density at radius 1 is 1.04 bits per heavy atom. The molecule has 2 atom stereocenters. The Bertz CT molecular complexity index is 718. The van der Waals surface area contributed by atoms with Crippen molar-refractivity contribution in [2.24, 2.45) is 0 Å². The van der Waals surface area contributed by atoms with E-state index in [1.54, 1.807) is 18.4 Å². The fourth-order valence-electron chi connectivity index (χ4n) is 2.93. The summed E-state index contributed by atoms with van der Waals surface area (Å²) >= 11 is 13.4. The average Bonchev–Trinajstić information content (AvgIpc) is 2.96. The zero-order valence-corrected chi connectivity index (χ0v) is 15.1. The predicted octanol–water partition coefficient (Wildman–Crippen LogP) is 4.07. The summed E-state index contributed by atoms with van der Waals surface area (Å²) in [6.07, 6.45) is 1.75. The minimum Gasteiger partial charge on any atom is -0.478 e. The van der Waals surface area contributed by atoms with Gasteiger partial charge in [-0.1, -0.05) is 47.5 Å². The van der Waals surface area contributed by atoms with Gasteiger partial charge in [-0.2, -0.15) is 0 Å². The highest BCUT2D eigenvalue weighted by molar-refractivity contribution is 8.00. The van der Waals surface area contributed by atoms with Crippen molar-refractivity contribution in [1.82, 2.24) is 10.6 Å². The Labute approximate surface area is 154 Å². The van der Waals surface area contributed by atoms with Crippen molar-refractivity contribution < 1.29 is 9.90 Å². The molecule has 7 heteroatoms. The van der Waals surface area contributed by atoms with Crippen LogP contribution in [0.1, 0.15) is 23.2 Å². The fraction of sp³-hybridized carbons (Fsp3) is 0.235. The third kappa shape index (κ3) is 3.27.